The van der Waals surface area contributed by atoms with Crippen LogP contribution in [0.4, 0.5) is 5.69 Å². The molecule has 6 nitrogen and oxygen atoms in total. The van der Waals surface area contributed by atoms with E-state index < -0.39 is 5.97 Å². The lowest BCUT2D eigenvalue weighted by Gasteiger charge is -2.28. The standard InChI is InChI=1S/C20H20N2O4/c1-26-20(25)15-6-8-17(9-7-15)21-18(23)12-19(24)22-11-10-14-4-2-3-5-16(14)13-22/h2-9H,10-13H2,1H3,(H,21,23). The van der Waals surface area contributed by atoms with Crippen LogP contribution in [0.1, 0.15) is 27.9 Å². The number of rotatable bonds is 4. The Bertz CT molecular complexity index is 830. The van der Waals surface area contributed by atoms with Crippen LogP contribution in [0.15, 0.2) is 48.5 Å². The summed E-state index contributed by atoms with van der Waals surface area (Å²) in [5, 5.41) is 2.68. The van der Waals surface area contributed by atoms with Gasteiger partial charge in [-0.15, -0.1) is 0 Å². The molecule has 0 aliphatic carbocycles. The van der Waals surface area contributed by atoms with E-state index >= 15 is 0 Å². The van der Waals surface area contributed by atoms with Gasteiger partial charge in [0.25, 0.3) is 0 Å². The second kappa shape index (κ2) is 7.82. The maximum atomic E-state index is 12.4. The van der Waals surface area contributed by atoms with Crippen LogP contribution < -0.4 is 5.32 Å². The Kier molecular flexibility index (Phi) is 5.31. The summed E-state index contributed by atoms with van der Waals surface area (Å²) in [4.78, 5) is 37.6. The number of benzene rings is 2. The molecular formula is C20H20N2O4. The zero-order valence-electron chi connectivity index (χ0n) is 14.5. The van der Waals surface area contributed by atoms with Gasteiger partial charge < -0.3 is 15.0 Å². The van der Waals surface area contributed by atoms with E-state index in [1.165, 1.54) is 12.7 Å². The van der Waals surface area contributed by atoms with Crippen molar-refractivity contribution in [2.45, 2.75) is 19.4 Å². The van der Waals surface area contributed by atoms with Gasteiger partial charge >= 0.3 is 5.97 Å². The molecule has 0 unspecified atom stereocenters. The molecule has 134 valence electrons. The van der Waals surface area contributed by atoms with Gasteiger partial charge in [-0.05, 0) is 41.8 Å². The van der Waals surface area contributed by atoms with Crippen LogP contribution in [0, 0.1) is 0 Å². The van der Waals surface area contributed by atoms with E-state index in [1.54, 1.807) is 29.2 Å². The molecule has 26 heavy (non-hydrogen) atoms. The summed E-state index contributed by atoms with van der Waals surface area (Å²) in [5.74, 6) is -1.01. The highest BCUT2D eigenvalue weighted by atomic mass is 16.5. The van der Waals surface area contributed by atoms with Crippen molar-refractivity contribution in [1.29, 1.82) is 0 Å². The highest BCUT2D eigenvalue weighted by Gasteiger charge is 2.22. The highest BCUT2D eigenvalue weighted by molar-refractivity contribution is 6.03. The minimum atomic E-state index is -0.441. The number of ether oxygens (including phenoxy) is 1. The Balaban J connectivity index is 1.55. The first-order valence-electron chi connectivity index (χ1n) is 8.39. The largest absolute Gasteiger partial charge is 0.465 e. The second-order valence-electron chi connectivity index (χ2n) is 6.13. The number of anilines is 1. The Labute approximate surface area is 151 Å². The molecule has 0 fully saturated rings. The minimum absolute atomic E-state index is 0.191. The number of hydrogen-bond donors (Lipinski definition) is 1. The molecule has 0 spiro atoms. The summed E-state index contributed by atoms with van der Waals surface area (Å²) in [6, 6.07) is 14.4. The van der Waals surface area contributed by atoms with Crippen LogP contribution in [-0.4, -0.2) is 36.3 Å². The number of amides is 2. The molecule has 2 aromatic carbocycles. The van der Waals surface area contributed by atoms with Gasteiger partial charge in [0, 0.05) is 18.8 Å². The minimum Gasteiger partial charge on any atom is -0.465 e. The maximum Gasteiger partial charge on any atom is 0.337 e. The third kappa shape index (κ3) is 4.08. The summed E-state index contributed by atoms with van der Waals surface area (Å²) in [6.07, 6.45) is 0.597. The average molecular weight is 352 g/mol. The molecule has 3 rings (SSSR count). The van der Waals surface area contributed by atoms with Gasteiger partial charge in [-0.1, -0.05) is 24.3 Å². The number of carbonyl (C=O) groups excluding carboxylic acids is 3. The van der Waals surface area contributed by atoms with Crippen molar-refractivity contribution in [2.24, 2.45) is 0 Å². The first-order chi connectivity index (χ1) is 12.6. The smallest absolute Gasteiger partial charge is 0.337 e. The second-order valence-corrected chi connectivity index (χ2v) is 6.13. The fourth-order valence-corrected chi connectivity index (χ4v) is 2.97. The van der Waals surface area contributed by atoms with E-state index in [0.29, 0.717) is 24.3 Å². The predicted molar refractivity (Wildman–Crippen MR) is 96.6 cm³/mol. The van der Waals surface area contributed by atoms with Crippen molar-refractivity contribution < 1.29 is 19.1 Å². The highest BCUT2D eigenvalue weighted by Crippen LogP contribution is 2.19. The van der Waals surface area contributed by atoms with E-state index in [0.717, 1.165) is 12.0 Å². The number of nitrogens with one attached hydrogen (secondary N) is 1. The molecule has 0 aromatic heterocycles. The van der Waals surface area contributed by atoms with Gasteiger partial charge in [-0.2, -0.15) is 0 Å². The summed E-state index contributed by atoms with van der Waals surface area (Å²) in [7, 11) is 1.31. The number of nitrogens with zero attached hydrogens (tertiary/aromatic N) is 1. The molecule has 2 aromatic rings. The molecule has 1 aliphatic heterocycles. The first-order valence-corrected chi connectivity index (χ1v) is 8.39. The Morgan fingerprint density at radius 2 is 1.73 bits per heavy atom. The lowest BCUT2D eigenvalue weighted by atomic mass is 10.00. The molecule has 0 radical (unpaired) electrons. The van der Waals surface area contributed by atoms with Gasteiger partial charge in [0.2, 0.25) is 11.8 Å². The molecule has 0 saturated heterocycles. The van der Waals surface area contributed by atoms with Crippen molar-refractivity contribution in [2.75, 3.05) is 19.0 Å². The van der Waals surface area contributed by atoms with Crippen LogP contribution in [-0.2, 0) is 27.3 Å². The number of carbonyl (C=O) groups is 3. The fraction of sp³-hybridized carbons (Fsp3) is 0.250. The third-order valence-corrected chi connectivity index (χ3v) is 4.38. The molecule has 2 amide bonds. The van der Waals surface area contributed by atoms with Crippen LogP contribution >= 0.6 is 0 Å². The van der Waals surface area contributed by atoms with E-state index in [2.05, 4.69) is 16.1 Å². The fourth-order valence-electron chi connectivity index (χ4n) is 2.97. The van der Waals surface area contributed by atoms with Gasteiger partial charge in [0.05, 0.1) is 12.7 Å². The lowest BCUT2D eigenvalue weighted by molar-refractivity contribution is -0.135. The molecule has 0 bridgehead atoms. The summed E-state index contributed by atoms with van der Waals surface area (Å²) in [5.41, 5.74) is 3.31. The zero-order chi connectivity index (χ0) is 18.5. The third-order valence-electron chi connectivity index (χ3n) is 4.38. The predicted octanol–water partition coefficient (Wildman–Crippen LogP) is 2.39. The SMILES string of the molecule is COC(=O)c1ccc(NC(=O)CC(=O)N2CCc3ccccc3C2)cc1. The summed E-state index contributed by atoms with van der Waals surface area (Å²) in [6.45, 7) is 1.16. The van der Waals surface area contributed by atoms with E-state index in [-0.39, 0.29) is 18.2 Å². The number of methoxy groups -OCH3 is 1. The van der Waals surface area contributed by atoms with E-state index in [1.807, 2.05) is 18.2 Å². The number of fused-ring (bicyclic) bond motifs is 1. The molecule has 6 heteroatoms. The van der Waals surface area contributed by atoms with Crippen molar-refractivity contribution >= 4 is 23.5 Å². The van der Waals surface area contributed by atoms with Crippen molar-refractivity contribution in [3.05, 3.63) is 65.2 Å². The molecule has 0 saturated carbocycles. The van der Waals surface area contributed by atoms with Crippen molar-refractivity contribution in [3.63, 3.8) is 0 Å². The van der Waals surface area contributed by atoms with Gasteiger partial charge in [-0.3, -0.25) is 9.59 Å². The summed E-state index contributed by atoms with van der Waals surface area (Å²) < 4.78 is 4.63. The van der Waals surface area contributed by atoms with Crippen molar-refractivity contribution in [3.8, 4) is 0 Å². The number of hydrogen-bond acceptors (Lipinski definition) is 4. The van der Waals surface area contributed by atoms with Gasteiger partial charge in [0.1, 0.15) is 6.42 Å². The molecule has 0 atom stereocenters. The topological polar surface area (TPSA) is 75.7 Å². The molecule has 1 aliphatic rings. The van der Waals surface area contributed by atoms with Crippen LogP contribution in [0.3, 0.4) is 0 Å². The molecule has 1 heterocycles. The number of esters is 1. The molecular weight excluding hydrogens is 332 g/mol. The van der Waals surface area contributed by atoms with E-state index in [9.17, 15) is 14.4 Å². The summed E-state index contributed by atoms with van der Waals surface area (Å²) >= 11 is 0. The first kappa shape index (κ1) is 17.7. The molecule has 1 N–H and O–H groups in total. The van der Waals surface area contributed by atoms with Crippen molar-refractivity contribution in [1.82, 2.24) is 4.90 Å². The quantitative estimate of drug-likeness (QED) is 0.677. The Morgan fingerprint density at radius 1 is 1.04 bits per heavy atom. The van der Waals surface area contributed by atoms with Crippen LogP contribution in [0.2, 0.25) is 0 Å². The van der Waals surface area contributed by atoms with Crippen LogP contribution in [0.5, 0.6) is 0 Å². The Hall–Kier alpha value is -3.15. The van der Waals surface area contributed by atoms with Gasteiger partial charge in [0.15, 0.2) is 0 Å². The normalized spacial score (nSPS) is 12.9. The maximum absolute atomic E-state index is 12.4. The zero-order valence-corrected chi connectivity index (χ0v) is 14.5. The lowest BCUT2D eigenvalue weighted by Crippen LogP contribution is -2.37. The Morgan fingerprint density at radius 3 is 2.42 bits per heavy atom. The van der Waals surface area contributed by atoms with E-state index in [4.69, 9.17) is 0 Å². The average Bonchev–Trinajstić information content (AvgIpc) is 2.67. The van der Waals surface area contributed by atoms with Crippen LogP contribution in [0.25, 0.3) is 0 Å². The van der Waals surface area contributed by atoms with Gasteiger partial charge in [-0.25, -0.2) is 4.79 Å². The monoisotopic (exact) mass is 352 g/mol.